The molecule has 56 heavy (non-hydrogen) atoms. The molecule has 2 heterocycles. The van der Waals surface area contributed by atoms with Crippen molar-refractivity contribution in [2.45, 2.75) is 26.2 Å². The van der Waals surface area contributed by atoms with Gasteiger partial charge in [0.1, 0.15) is 18.2 Å². The maximum Gasteiger partial charge on any atom is 0.150 e. The summed E-state index contributed by atoms with van der Waals surface area (Å²) >= 11 is 0. The summed E-state index contributed by atoms with van der Waals surface area (Å²) in [5.74, 6) is 0.997. The minimum Gasteiger partial charge on any atom is -0.261 e. The first-order valence-electron chi connectivity index (χ1n) is 19.5. The average Bonchev–Trinajstić information content (AvgIpc) is 3.85. The van der Waals surface area contributed by atoms with Gasteiger partial charge in [0, 0.05) is 5.56 Å². The van der Waals surface area contributed by atoms with Gasteiger partial charge in [0.25, 0.3) is 0 Å². The summed E-state index contributed by atoms with van der Waals surface area (Å²) in [5.41, 5.74) is 13.4. The lowest BCUT2D eigenvalue weighted by molar-refractivity contribution is 0.342. The van der Waals surface area contributed by atoms with E-state index in [2.05, 4.69) is 212 Å². The quantitative estimate of drug-likeness (QED) is 0.159. The van der Waals surface area contributed by atoms with Crippen LogP contribution < -0.4 is 0 Å². The lowest BCUT2D eigenvalue weighted by Gasteiger charge is -2.15. The Kier molecular flexibility index (Phi) is 7.51. The molecule has 0 spiro atoms. The summed E-state index contributed by atoms with van der Waals surface area (Å²) in [6.45, 7) is 4.34. The van der Waals surface area contributed by atoms with Crippen LogP contribution in [0.1, 0.15) is 40.1 Å². The van der Waals surface area contributed by atoms with Crippen molar-refractivity contribution in [3.8, 4) is 33.4 Å². The summed E-state index contributed by atoms with van der Waals surface area (Å²) in [6.07, 6.45) is -0.0712. The van der Waals surface area contributed by atoms with Crippen LogP contribution in [0.5, 0.6) is 0 Å². The fraction of sp³-hybridized carbons (Fsp3) is 0.0755. The maximum atomic E-state index is 5.57. The van der Waals surface area contributed by atoms with Crippen molar-refractivity contribution < 1.29 is 0 Å². The number of hydrogen-bond donors (Lipinski definition) is 0. The second kappa shape index (κ2) is 12.9. The molecule has 2 aliphatic rings. The highest BCUT2D eigenvalue weighted by Crippen LogP contribution is 2.55. The van der Waals surface area contributed by atoms with Crippen LogP contribution in [-0.2, 0) is 0 Å². The Morgan fingerprint density at radius 3 is 1.62 bits per heavy atom. The van der Waals surface area contributed by atoms with E-state index < -0.39 is 0 Å². The highest BCUT2D eigenvalue weighted by atomic mass is 15.9. The third-order valence-electron chi connectivity index (χ3n) is 11.6. The van der Waals surface area contributed by atoms with Gasteiger partial charge in [0.2, 0.25) is 0 Å². The molecule has 3 unspecified atom stereocenters. The molecule has 0 bridgehead atoms. The first kappa shape index (κ1) is 32.6. The predicted octanol–water partition coefficient (Wildman–Crippen LogP) is 13.5. The Labute approximate surface area is 327 Å². The summed E-state index contributed by atoms with van der Waals surface area (Å²) < 4.78 is 0. The Morgan fingerprint density at radius 1 is 0.393 bits per heavy atom. The highest BCUT2D eigenvalue weighted by Gasteiger charge is 2.57. The molecule has 0 N–H and O–H groups in total. The number of rotatable bonds is 6. The first-order valence-corrected chi connectivity index (χ1v) is 19.5. The lowest BCUT2D eigenvalue weighted by Crippen LogP contribution is -2.12. The number of benzene rings is 9. The van der Waals surface area contributed by atoms with Crippen LogP contribution >= 0.6 is 0 Å². The Hall–Kier alpha value is -6.81. The SMILES string of the molecule is Cc1cc(C)cc(-c2ccc(-c3cc(C4=NC(c5ccc6ccccc6c5)N5C(c6ccc7ccccc7c6)N45)cc(-c4cccc5ccccc45)c3)cc2)c1. The number of aliphatic imine (C=N–C) groups is 1. The van der Waals surface area contributed by atoms with Gasteiger partial charge in [-0.15, -0.1) is 0 Å². The molecule has 0 radical (unpaired) electrons. The molecule has 2 aliphatic heterocycles. The molecule has 9 aromatic rings. The number of nitrogens with zero attached hydrogens (tertiary/aromatic N) is 3. The minimum absolute atomic E-state index is 0.0744. The van der Waals surface area contributed by atoms with Gasteiger partial charge < -0.3 is 0 Å². The molecule has 0 aromatic heterocycles. The summed E-state index contributed by atoms with van der Waals surface area (Å²) in [6, 6.07) is 69.1. The predicted molar refractivity (Wildman–Crippen MR) is 233 cm³/mol. The Balaban J connectivity index is 1.07. The standard InChI is InChI=1S/C53H39N3/c1-34-26-35(2)28-45(27-34)38-18-20-39(21-19-38)46-31-47(50-17-9-15-40-12-7-8-16-49(40)50)33-48(32-46)52-54-51(43-24-22-36-10-3-5-13-41(36)29-43)55-53(56(52)55)44-25-23-37-11-4-6-14-42(37)30-44/h3-33,51,53H,1-2H3. The number of aryl methyl sites for hydroxylation is 2. The minimum atomic E-state index is -0.146. The number of fused-ring (bicyclic) bond motifs is 4. The van der Waals surface area contributed by atoms with Crippen molar-refractivity contribution in [3.05, 3.63) is 216 Å². The van der Waals surface area contributed by atoms with Crippen molar-refractivity contribution >= 4 is 38.2 Å². The number of amidine groups is 1. The second-order valence-corrected chi connectivity index (χ2v) is 15.4. The van der Waals surface area contributed by atoms with Gasteiger partial charge in [-0.25, -0.2) is 4.99 Å². The van der Waals surface area contributed by atoms with Gasteiger partial charge in [0.15, 0.2) is 0 Å². The molecule has 266 valence electrons. The Morgan fingerprint density at radius 2 is 0.929 bits per heavy atom. The smallest absolute Gasteiger partial charge is 0.150 e. The van der Waals surface area contributed by atoms with E-state index in [4.69, 9.17) is 4.99 Å². The molecule has 0 amide bonds. The van der Waals surface area contributed by atoms with Crippen molar-refractivity contribution in [2.75, 3.05) is 0 Å². The average molecular weight is 718 g/mol. The molecule has 0 saturated carbocycles. The molecule has 11 rings (SSSR count). The van der Waals surface area contributed by atoms with Crippen LogP contribution in [0.3, 0.4) is 0 Å². The Bertz CT molecular complexity index is 3010. The van der Waals surface area contributed by atoms with E-state index in [9.17, 15) is 0 Å². The third kappa shape index (κ3) is 5.59. The molecular weight excluding hydrogens is 679 g/mol. The van der Waals surface area contributed by atoms with E-state index in [1.807, 2.05) is 0 Å². The van der Waals surface area contributed by atoms with Crippen LogP contribution in [0.15, 0.2) is 193 Å². The molecule has 3 heteroatoms. The molecule has 1 saturated heterocycles. The maximum absolute atomic E-state index is 5.57. The number of hydrazine groups is 1. The van der Waals surface area contributed by atoms with Gasteiger partial charge in [-0.3, -0.25) is 5.01 Å². The molecule has 0 aliphatic carbocycles. The van der Waals surface area contributed by atoms with Crippen molar-refractivity contribution in [1.29, 1.82) is 0 Å². The van der Waals surface area contributed by atoms with Crippen LogP contribution in [0, 0.1) is 13.8 Å². The van der Waals surface area contributed by atoms with E-state index in [1.54, 1.807) is 0 Å². The van der Waals surface area contributed by atoms with Gasteiger partial charge in [-0.2, -0.15) is 5.01 Å². The van der Waals surface area contributed by atoms with Crippen LogP contribution in [0.25, 0.3) is 65.7 Å². The first-order chi connectivity index (χ1) is 27.5. The fourth-order valence-electron chi connectivity index (χ4n) is 8.91. The fourth-order valence-corrected chi connectivity index (χ4v) is 8.91. The number of hydrogen-bond acceptors (Lipinski definition) is 3. The van der Waals surface area contributed by atoms with Gasteiger partial charge >= 0.3 is 0 Å². The van der Waals surface area contributed by atoms with Crippen molar-refractivity contribution in [3.63, 3.8) is 0 Å². The summed E-state index contributed by atoms with van der Waals surface area (Å²) in [7, 11) is 0. The van der Waals surface area contributed by atoms with Crippen molar-refractivity contribution in [1.82, 2.24) is 10.0 Å². The largest absolute Gasteiger partial charge is 0.261 e. The van der Waals surface area contributed by atoms with Crippen LogP contribution in [0.2, 0.25) is 0 Å². The van der Waals surface area contributed by atoms with Crippen LogP contribution in [-0.4, -0.2) is 15.9 Å². The monoisotopic (exact) mass is 717 g/mol. The van der Waals surface area contributed by atoms with E-state index in [-0.39, 0.29) is 12.3 Å². The highest BCUT2D eigenvalue weighted by molar-refractivity contribution is 6.05. The topological polar surface area (TPSA) is 18.4 Å². The summed E-state index contributed by atoms with van der Waals surface area (Å²) in [5, 5.41) is 12.3. The normalized spacial score (nSPS) is 17.4. The molecule has 9 aromatic carbocycles. The molecule has 3 nitrogen and oxygen atoms in total. The zero-order valence-electron chi connectivity index (χ0n) is 31.4. The van der Waals surface area contributed by atoms with Gasteiger partial charge in [-0.05, 0) is 121 Å². The van der Waals surface area contributed by atoms with E-state index in [0.29, 0.717) is 0 Å². The lowest BCUT2D eigenvalue weighted by atomic mass is 9.92. The van der Waals surface area contributed by atoms with E-state index >= 15 is 0 Å². The van der Waals surface area contributed by atoms with Gasteiger partial charge in [0.05, 0.1) is 0 Å². The van der Waals surface area contributed by atoms with E-state index in [1.165, 1.54) is 88.0 Å². The zero-order valence-corrected chi connectivity index (χ0v) is 31.4. The van der Waals surface area contributed by atoms with Gasteiger partial charge in [-0.1, -0.05) is 169 Å². The molecular formula is C53H39N3. The molecule has 1 fully saturated rings. The third-order valence-corrected chi connectivity index (χ3v) is 11.6. The van der Waals surface area contributed by atoms with Crippen LogP contribution in [0.4, 0.5) is 0 Å². The zero-order chi connectivity index (χ0) is 37.3. The molecule has 3 atom stereocenters. The summed E-state index contributed by atoms with van der Waals surface area (Å²) in [4.78, 5) is 5.57. The van der Waals surface area contributed by atoms with E-state index in [0.717, 1.165) is 11.4 Å². The van der Waals surface area contributed by atoms with Crippen molar-refractivity contribution in [2.24, 2.45) is 4.99 Å². The second-order valence-electron chi connectivity index (χ2n) is 15.4.